The molecular formula is C13H16N2OS2. The van der Waals surface area contributed by atoms with Gasteiger partial charge in [-0.15, -0.1) is 24.0 Å². The Kier molecular flexibility index (Phi) is 4.60. The highest BCUT2D eigenvalue weighted by Crippen LogP contribution is 2.31. The molecule has 0 bridgehead atoms. The lowest BCUT2D eigenvalue weighted by molar-refractivity contribution is -0.116. The van der Waals surface area contributed by atoms with Crippen molar-refractivity contribution >= 4 is 45.8 Å². The lowest BCUT2D eigenvalue weighted by Crippen LogP contribution is -2.10. The van der Waals surface area contributed by atoms with E-state index in [1.54, 1.807) is 0 Å². The molecule has 0 fully saturated rings. The van der Waals surface area contributed by atoms with E-state index < -0.39 is 0 Å². The molecule has 1 amide bonds. The van der Waals surface area contributed by atoms with Gasteiger partial charge in [-0.3, -0.25) is 4.79 Å². The van der Waals surface area contributed by atoms with Crippen molar-refractivity contribution in [1.82, 2.24) is 4.98 Å². The fourth-order valence-corrected chi connectivity index (χ4v) is 2.94. The summed E-state index contributed by atoms with van der Waals surface area (Å²) in [4.78, 5) is 16.1. The Morgan fingerprint density at radius 3 is 3.06 bits per heavy atom. The summed E-state index contributed by atoms with van der Waals surface area (Å²) in [7, 11) is 0. The van der Waals surface area contributed by atoms with Crippen LogP contribution in [-0.4, -0.2) is 10.9 Å². The predicted octanol–water partition coefficient (Wildman–Crippen LogP) is 4.10. The maximum atomic E-state index is 11.8. The Morgan fingerprint density at radius 2 is 2.28 bits per heavy atom. The minimum absolute atomic E-state index is 0.0741. The van der Waals surface area contributed by atoms with Crippen molar-refractivity contribution in [2.75, 3.05) is 5.32 Å². The summed E-state index contributed by atoms with van der Waals surface area (Å²) in [6.07, 6.45) is 3.75. The molecule has 0 spiro atoms. The number of hydrogen-bond donors (Lipinski definition) is 2. The van der Waals surface area contributed by atoms with Crippen LogP contribution >= 0.6 is 24.0 Å². The van der Waals surface area contributed by atoms with Gasteiger partial charge in [-0.1, -0.05) is 25.8 Å². The Morgan fingerprint density at radius 1 is 1.44 bits per heavy atom. The lowest BCUT2D eigenvalue weighted by atomic mass is 10.2. The monoisotopic (exact) mass is 280 g/mol. The van der Waals surface area contributed by atoms with Crippen LogP contribution in [-0.2, 0) is 4.79 Å². The minimum atomic E-state index is 0.0741. The quantitative estimate of drug-likeness (QED) is 0.639. The van der Waals surface area contributed by atoms with Gasteiger partial charge in [0.05, 0.1) is 15.9 Å². The van der Waals surface area contributed by atoms with Crippen LogP contribution in [0.2, 0.25) is 0 Å². The summed E-state index contributed by atoms with van der Waals surface area (Å²) < 4.78 is 1.71. The molecule has 1 aromatic heterocycles. The van der Waals surface area contributed by atoms with Crippen LogP contribution in [0, 0.1) is 0 Å². The first-order valence-electron chi connectivity index (χ1n) is 6.09. The molecule has 2 rings (SSSR count). The van der Waals surface area contributed by atoms with Crippen molar-refractivity contribution in [3.05, 3.63) is 18.2 Å². The number of hydrogen-bond acceptors (Lipinski definition) is 4. The Bertz CT molecular complexity index is 551. The van der Waals surface area contributed by atoms with Gasteiger partial charge in [-0.2, -0.15) is 0 Å². The summed E-state index contributed by atoms with van der Waals surface area (Å²) in [6.45, 7) is 2.13. The maximum absolute atomic E-state index is 11.8. The molecule has 0 saturated heterocycles. The summed E-state index contributed by atoms with van der Waals surface area (Å²) >= 11 is 5.73. The van der Waals surface area contributed by atoms with Gasteiger partial charge in [0.15, 0.2) is 0 Å². The lowest BCUT2D eigenvalue weighted by Gasteiger charge is -2.05. The molecule has 18 heavy (non-hydrogen) atoms. The Hall–Kier alpha value is -1.07. The molecule has 0 saturated carbocycles. The van der Waals surface area contributed by atoms with Crippen LogP contribution < -0.4 is 5.32 Å². The number of unbranched alkanes of at least 4 members (excludes halogenated alkanes) is 2. The molecule has 96 valence electrons. The van der Waals surface area contributed by atoms with E-state index in [0.29, 0.717) is 6.42 Å². The van der Waals surface area contributed by atoms with E-state index in [4.69, 9.17) is 0 Å². The molecule has 2 aromatic rings. The number of aromatic nitrogens is 1. The zero-order chi connectivity index (χ0) is 13.0. The zero-order valence-corrected chi connectivity index (χ0v) is 12.0. The zero-order valence-electron chi connectivity index (χ0n) is 10.3. The number of nitrogens with one attached hydrogen (secondary N) is 1. The van der Waals surface area contributed by atoms with Gasteiger partial charge in [-0.05, 0) is 18.6 Å². The average Bonchev–Trinajstić information content (AvgIpc) is 2.71. The van der Waals surface area contributed by atoms with Gasteiger partial charge in [0.2, 0.25) is 5.91 Å². The number of benzene rings is 1. The van der Waals surface area contributed by atoms with Gasteiger partial charge >= 0.3 is 0 Å². The molecule has 0 aliphatic rings. The third-order valence-electron chi connectivity index (χ3n) is 2.69. The van der Waals surface area contributed by atoms with Crippen LogP contribution in [0.15, 0.2) is 22.5 Å². The van der Waals surface area contributed by atoms with E-state index in [9.17, 15) is 4.79 Å². The number of carbonyl (C=O) groups excluding carboxylic acids is 1. The number of carbonyl (C=O) groups is 1. The van der Waals surface area contributed by atoms with Crippen LogP contribution in [0.1, 0.15) is 32.6 Å². The molecule has 0 atom stereocenters. The second-order valence-corrected chi connectivity index (χ2v) is 5.88. The molecule has 3 nitrogen and oxygen atoms in total. The van der Waals surface area contributed by atoms with E-state index >= 15 is 0 Å². The van der Waals surface area contributed by atoms with E-state index in [1.165, 1.54) is 11.3 Å². The third-order valence-corrected chi connectivity index (χ3v) is 3.97. The number of thiazole rings is 1. The molecule has 1 N–H and O–H groups in total. The van der Waals surface area contributed by atoms with E-state index in [1.807, 2.05) is 18.2 Å². The van der Waals surface area contributed by atoms with Crippen molar-refractivity contribution < 1.29 is 4.79 Å². The van der Waals surface area contributed by atoms with Crippen molar-refractivity contribution in [1.29, 1.82) is 0 Å². The van der Waals surface area contributed by atoms with Crippen LogP contribution in [0.5, 0.6) is 0 Å². The molecule has 1 aromatic carbocycles. The van der Waals surface area contributed by atoms with Crippen molar-refractivity contribution in [2.24, 2.45) is 0 Å². The predicted molar refractivity (Wildman–Crippen MR) is 79.6 cm³/mol. The summed E-state index contributed by atoms with van der Waals surface area (Å²) in [6, 6.07) is 5.74. The van der Waals surface area contributed by atoms with Crippen LogP contribution in [0.3, 0.4) is 0 Å². The van der Waals surface area contributed by atoms with E-state index in [-0.39, 0.29) is 5.91 Å². The fourth-order valence-electron chi connectivity index (χ4n) is 1.78. The molecule has 1 heterocycles. The largest absolute Gasteiger partial charge is 0.325 e. The highest BCUT2D eigenvalue weighted by atomic mass is 32.2. The standard InChI is InChI=1S/C13H16N2OS2/c1-2-3-4-8-11(16)14-9-6-5-7-10-12(9)18-13(17)15-10/h5-7H,2-4,8H2,1H3,(H,14,16)(H,15,17). The minimum Gasteiger partial charge on any atom is -0.325 e. The molecule has 0 aliphatic carbocycles. The van der Waals surface area contributed by atoms with Crippen LogP contribution in [0.4, 0.5) is 5.69 Å². The van der Waals surface area contributed by atoms with Crippen molar-refractivity contribution in [3.63, 3.8) is 0 Å². The second-order valence-electron chi connectivity index (χ2n) is 4.16. The van der Waals surface area contributed by atoms with Gasteiger partial charge in [0.25, 0.3) is 0 Å². The van der Waals surface area contributed by atoms with Gasteiger partial charge in [-0.25, -0.2) is 4.98 Å². The first-order chi connectivity index (χ1) is 8.70. The number of anilines is 1. The summed E-state index contributed by atoms with van der Waals surface area (Å²) in [5, 5.41) is 2.95. The SMILES string of the molecule is CCCCCC(=O)Nc1cccc2nc(S)sc12. The maximum Gasteiger partial charge on any atom is 0.224 e. The van der Waals surface area contributed by atoms with Crippen LogP contribution in [0.25, 0.3) is 10.2 Å². The molecule has 0 unspecified atom stereocenters. The fraction of sp³-hybridized carbons (Fsp3) is 0.385. The second kappa shape index (κ2) is 6.20. The number of amides is 1. The number of rotatable bonds is 5. The first-order valence-corrected chi connectivity index (χ1v) is 7.35. The highest BCUT2D eigenvalue weighted by molar-refractivity contribution is 7.83. The average molecular weight is 280 g/mol. The molecule has 5 heteroatoms. The first kappa shape index (κ1) is 13.4. The number of nitrogens with zero attached hydrogens (tertiary/aromatic N) is 1. The molecular weight excluding hydrogens is 264 g/mol. The van der Waals surface area contributed by atoms with E-state index in [0.717, 1.165) is 39.5 Å². The highest BCUT2D eigenvalue weighted by Gasteiger charge is 2.08. The van der Waals surface area contributed by atoms with E-state index in [2.05, 4.69) is 29.9 Å². The van der Waals surface area contributed by atoms with Gasteiger partial charge in [0, 0.05) is 6.42 Å². The smallest absolute Gasteiger partial charge is 0.224 e. The van der Waals surface area contributed by atoms with Crippen molar-refractivity contribution in [3.8, 4) is 0 Å². The topological polar surface area (TPSA) is 42.0 Å². The number of fused-ring (bicyclic) bond motifs is 1. The van der Waals surface area contributed by atoms with Crippen molar-refractivity contribution in [2.45, 2.75) is 36.9 Å². The summed E-state index contributed by atoms with van der Waals surface area (Å²) in [5.41, 5.74) is 1.73. The third kappa shape index (κ3) is 3.23. The van der Waals surface area contributed by atoms with Gasteiger partial charge < -0.3 is 5.32 Å². The molecule has 0 radical (unpaired) electrons. The summed E-state index contributed by atoms with van der Waals surface area (Å²) in [5.74, 6) is 0.0741. The number of thiol groups is 1. The Balaban J connectivity index is 2.09. The normalized spacial score (nSPS) is 10.8. The molecule has 0 aliphatic heterocycles. The van der Waals surface area contributed by atoms with Gasteiger partial charge in [0.1, 0.15) is 4.34 Å². The Labute approximate surface area is 116 Å².